The third-order valence-electron chi connectivity index (χ3n) is 2.94. The minimum Gasteiger partial charge on any atom is -0.497 e. The van der Waals surface area contributed by atoms with E-state index in [0.717, 1.165) is 23.6 Å². The zero-order valence-corrected chi connectivity index (χ0v) is 11.8. The van der Waals surface area contributed by atoms with Crippen molar-refractivity contribution in [2.24, 2.45) is 5.92 Å². The van der Waals surface area contributed by atoms with Gasteiger partial charge in [0.15, 0.2) is 5.69 Å². The number of benzene rings is 1. The van der Waals surface area contributed by atoms with Crippen LogP contribution in [0.2, 0.25) is 0 Å². The Morgan fingerprint density at radius 1 is 1.35 bits per heavy atom. The molecule has 0 unspecified atom stereocenters. The average molecular weight is 274 g/mol. The van der Waals surface area contributed by atoms with Crippen molar-refractivity contribution in [2.45, 2.75) is 20.3 Å². The third kappa shape index (κ3) is 2.99. The molecule has 2 rings (SSSR count). The van der Waals surface area contributed by atoms with Crippen LogP contribution < -0.4 is 4.74 Å². The SMILES string of the molecule is COc1ccc(-n2nc(C(=O)O)cc2CC(C)C)cc1. The molecule has 0 atom stereocenters. The van der Waals surface area contributed by atoms with Crippen LogP contribution in [-0.4, -0.2) is 28.0 Å². The van der Waals surface area contributed by atoms with Gasteiger partial charge in [-0.3, -0.25) is 0 Å². The fourth-order valence-electron chi connectivity index (χ4n) is 2.03. The Hall–Kier alpha value is -2.30. The molecule has 2 aromatic rings. The van der Waals surface area contributed by atoms with Crippen LogP contribution >= 0.6 is 0 Å². The summed E-state index contributed by atoms with van der Waals surface area (Å²) in [6.07, 6.45) is 0.770. The van der Waals surface area contributed by atoms with Crippen LogP contribution in [0.25, 0.3) is 5.69 Å². The summed E-state index contributed by atoms with van der Waals surface area (Å²) in [6.45, 7) is 4.18. The first kappa shape index (κ1) is 14.1. The molecule has 5 nitrogen and oxygen atoms in total. The topological polar surface area (TPSA) is 64.4 Å². The number of aromatic carboxylic acids is 1. The molecule has 106 valence electrons. The van der Waals surface area contributed by atoms with E-state index in [1.807, 2.05) is 24.3 Å². The molecule has 0 aliphatic rings. The molecule has 1 heterocycles. The molecule has 0 aliphatic heterocycles. The quantitative estimate of drug-likeness (QED) is 0.910. The predicted octanol–water partition coefficient (Wildman–Crippen LogP) is 2.78. The van der Waals surface area contributed by atoms with Crippen molar-refractivity contribution in [1.82, 2.24) is 9.78 Å². The van der Waals surface area contributed by atoms with Crippen LogP contribution in [-0.2, 0) is 6.42 Å². The van der Waals surface area contributed by atoms with Crippen LogP contribution in [0.1, 0.15) is 30.0 Å². The molecule has 5 heteroatoms. The van der Waals surface area contributed by atoms with Crippen molar-refractivity contribution >= 4 is 5.97 Å². The highest BCUT2D eigenvalue weighted by Crippen LogP contribution is 2.19. The van der Waals surface area contributed by atoms with Gasteiger partial charge in [-0.15, -0.1) is 0 Å². The standard InChI is InChI=1S/C15H18N2O3/c1-10(2)8-12-9-14(15(18)19)16-17(12)11-4-6-13(20-3)7-5-11/h4-7,9-10H,8H2,1-3H3,(H,18,19). The Morgan fingerprint density at radius 3 is 2.50 bits per heavy atom. The Morgan fingerprint density at radius 2 is 2.00 bits per heavy atom. The lowest BCUT2D eigenvalue weighted by molar-refractivity contribution is 0.0690. The first-order chi connectivity index (χ1) is 9.51. The number of methoxy groups -OCH3 is 1. The second-order valence-electron chi connectivity index (χ2n) is 5.03. The van der Waals surface area contributed by atoms with Gasteiger partial charge in [0.2, 0.25) is 0 Å². The number of aromatic nitrogens is 2. The van der Waals surface area contributed by atoms with Crippen LogP contribution in [0.5, 0.6) is 5.75 Å². The predicted molar refractivity (Wildman–Crippen MR) is 75.6 cm³/mol. The largest absolute Gasteiger partial charge is 0.497 e. The lowest BCUT2D eigenvalue weighted by atomic mass is 10.1. The molecule has 1 N–H and O–H groups in total. The van der Waals surface area contributed by atoms with Gasteiger partial charge in [-0.2, -0.15) is 5.10 Å². The van der Waals surface area contributed by atoms with E-state index in [1.165, 1.54) is 0 Å². The van der Waals surface area contributed by atoms with Crippen molar-refractivity contribution in [1.29, 1.82) is 0 Å². The number of carbonyl (C=O) groups is 1. The molecule has 1 aromatic heterocycles. The summed E-state index contributed by atoms with van der Waals surface area (Å²) < 4.78 is 6.80. The molecule has 0 fully saturated rings. The summed E-state index contributed by atoms with van der Waals surface area (Å²) in [5.74, 6) is 0.164. The number of hydrogen-bond acceptors (Lipinski definition) is 3. The van der Waals surface area contributed by atoms with E-state index in [9.17, 15) is 4.79 Å². The van der Waals surface area contributed by atoms with Crippen LogP contribution in [0, 0.1) is 5.92 Å². The van der Waals surface area contributed by atoms with E-state index in [-0.39, 0.29) is 5.69 Å². The molecule has 0 aliphatic carbocycles. The zero-order valence-electron chi connectivity index (χ0n) is 11.8. The smallest absolute Gasteiger partial charge is 0.356 e. The fraction of sp³-hybridized carbons (Fsp3) is 0.333. The molecule has 0 saturated carbocycles. The number of nitrogens with zero attached hydrogens (tertiary/aromatic N) is 2. The maximum Gasteiger partial charge on any atom is 0.356 e. The van der Waals surface area contributed by atoms with Gasteiger partial charge in [-0.1, -0.05) is 13.8 Å². The number of carboxylic acids is 1. The van der Waals surface area contributed by atoms with Gasteiger partial charge >= 0.3 is 5.97 Å². The second kappa shape index (κ2) is 5.77. The van der Waals surface area contributed by atoms with Gasteiger partial charge in [-0.25, -0.2) is 9.48 Å². The summed E-state index contributed by atoms with van der Waals surface area (Å²) >= 11 is 0. The molecule has 1 aromatic carbocycles. The first-order valence-electron chi connectivity index (χ1n) is 6.48. The van der Waals surface area contributed by atoms with Crippen molar-refractivity contribution < 1.29 is 14.6 Å². The van der Waals surface area contributed by atoms with E-state index in [1.54, 1.807) is 17.9 Å². The Labute approximate surface area is 117 Å². The van der Waals surface area contributed by atoms with Gasteiger partial charge in [0.25, 0.3) is 0 Å². The van der Waals surface area contributed by atoms with Crippen molar-refractivity contribution in [3.8, 4) is 11.4 Å². The highest BCUT2D eigenvalue weighted by molar-refractivity contribution is 5.85. The number of carboxylic acid groups (broad SMARTS) is 1. The zero-order chi connectivity index (χ0) is 14.7. The molecular weight excluding hydrogens is 256 g/mol. The van der Waals surface area contributed by atoms with Crippen LogP contribution in [0.15, 0.2) is 30.3 Å². The first-order valence-corrected chi connectivity index (χ1v) is 6.48. The second-order valence-corrected chi connectivity index (χ2v) is 5.03. The number of hydrogen-bond donors (Lipinski definition) is 1. The molecule has 20 heavy (non-hydrogen) atoms. The van der Waals surface area contributed by atoms with Gasteiger partial charge in [0.05, 0.1) is 12.8 Å². The van der Waals surface area contributed by atoms with Gasteiger partial charge in [-0.05, 0) is 42.7 Å². The molecule has 0 spiro atoms. The number of ether oxygens (including phenoxy) is 1. The minimum absolute atomic E-state index is 0.0662. The molecule has 0 bridgehead atoms. The molecule has 0 amide bonds. The van der Waals surface area contributed by atoms with Crippen molar-refractivity contribution in [3.05, 3.63) is 41.7 Å². The summed E-state index contributed by atoms with van der Waals surface area (Å²) in [4.78, 5) is 11.1. The molecule has 0 saturated heterocycles. The average Bonchev–Trinajstić information content (AvgIpc) is 2.82. The van der Waals surface area contributed by atoms with Gasteiger partial charge in [0.1, 0.15) is 5.75 Å². The summed E-state index contributed by atoms with van der Waals surface area (Å²) in [5, 5.41) is 13.3. The van der Waals surface area contributed by atoms with Crippen molar-refractivity contribution in [3.63, 3.8) is 0 Å². The lowest BCUT2D eigenvalue weighted by Crippen LogP contribution is -2.06. The van der Waals surface area contributed by atoms with Crippen LogP contribution in [0.3, 0.4) is 0 Å². The Bertz CT molecular complexity index is 600. The van der Waals surface area contributed by atoms with Gasteiger partial charge in [0, 0.05) is 5.69 Å². The van der Waals surface area contributed by atoms with E-state index < -0.39 is 5.97 Å². The summed E-state index contributed by atoms with van der Waals surface area (Å²) in [7, 11) is 1.61. The fourth-order valence-corrected chi connectivity index (χ4v) is 2.03. The lowest BCUT2D eigenvalue weighted by Gasteiger charge is -2.09. The molecule has 0 radical (unpaired) electrons. The highest BCUT2D eigenvalue weighted by Gasteiger charge is 2.15. The highest BCUT2D eigenvalue weighted by atomic mass is 16.5. The Kier molecular flexibility index (Phi) is 4.08. The maximum absolute atomic E-state index is 11.1. The normalized spacial score (nSPS) is 10.8. The van der Waals surface area contributed by atoms with E-state index in [0.29, 0.717) is 5.92 Å². The number of rotatable bonds is 5. The summed E-state index contributed by atoms with van der Waals surface area (Å²) in [5.41, 5.74) is 1.79. The third-order valence-corrected chi connectivity index (χ3v) is 2.94. The minimum atomic E-state index is -1.01. The van der Waals surface area contributed by atoms with E-state index in [2.05, 4.69) is 18.9 Å². The van der Waals surface area contributed by atoms with Crippen molar-refractivity contribution in [2.75, 3.05) is 7.11 Å². The van der Waals surface area contributed by atoms with Gasteiger partial charge < -0.3 is 9.84 Å². The molecular formula is C15H18N2O3. The van der Waals surface area contributed by atoms with Crippen LogP contribution in [0.4, 0.5) is 0 Å². The van der Waals surface area contributed by atoms with E-state index in [4.69, 9.17) is 9.84 Å². The monoisotopic (exact) mass is 274 g/mol. The summed E-state index contributed by atoms with van der Waals surface area (Å²) in [6, 6.07) is 9.02. The Balaban J connectivity index is 2.44. The van der Waals surface area contributed by atoms with E-state index >= 15 is 0 Å². The maximum atomic E-state index is 11.1.